The van der Waals surface area contributed by atoms with Gasteiger partial charge < -0.3 is 15.2 Å². The molecule has 1 atom stereocenters. The summed E-state index contributed by atoms with van der Waals surface area (Å²) in [7, 11) is 3.01. The summed E-state index contributed by atoms with van der Waals surface area (Å²) >= 11 is 6.26. The summed E-state index contributed by atoms with van der Waals surface area (Å²) in [5.41, 5.74) is 5.99. The van der Waals surface area contributed by atoms with Crippen molar-refractivity contribution < 1.29 is 14.3 Å². The fourth-order valence-electron chi connectivity index (χ4n) is 1.79. The number of primary amides is 1. The van der Waals surface area contributed by atoms with E-state index in [9.17, 15) is 4.79 Å². The van der Waals surface area contributed by atoms with Gasteiger partial charge in [-0.3, -0.25) is 10.1 Å². The van der Waals surface area contributed by atoms with E-state index in [2.05, 4.69) is 5.32 Å². The highest BCUT2D eigenvalue weighted by Crippen LogP contribution is 2.39. The zero-order valence-corrected chi connectivity index (χ0v) is 12.2. The smallest absolute Gasteiger partial charge is 0.239 e. The summed E-state index contributed by atoms with van der Waals surface area (Å²) < 4.78 is 10.4. The van der Waals surface area contributed by atoms with E-state index < -0.39 is 11.9 Å². The highest BCUT2D eigenvalue weighted by atomic mass is 35.5. The number of halogens is 1. The minimum atomic E-state index is -0.674. The Bertz CT molecular complexity index is 463. The van der Waals surface area contributed by atoms with Gasteiger partial charge in [-0.1, -0.05) is 17.7 Å². The third kappa shape index (κ3) is 3.52. The van der Waals surface area contributed by atoms with Gasteiger partial charge in [0.2, 0.25) is 5.91 Å². The molecule has 1 rings (SSSR count). The molecule has 0 bridgehead atoms. The van der Waals surface area contributed by atoms with E-state index in [1.807, 2.05) is 13.8 Å². The third-order valence-electron chi connectivity index (χ3n) is 2.61. The van der Waals surface area contributed by atoms with Crippen LogP contribution in [0.3, 0.4) is 0 Å². The predicted molar refractivity (Wildman–Crippen MR) is 74.8 cm³/mol. The normalized spacial score (nSPS) is 12.3. The Hall–Kier alpha value is -1.46. The van der Waals surface area contributed by atoms with Gasteiger partial charge in [-0.25, -0.2) is 0 Å². The van der Waals surface area contributed by atoms with E-state index in [1.165, 1.54) is 14.2 Å². The van der Waals surface area contributed by atoms with Crippen LogP contribution in [0.5, 0.6) is 11.5 Å². The number of nitrogens with two attached hydrogens (primary N) is 1. The van der Waals surface area contributed by atoms with Crippen molar-refractivity contribution in [2.75, 3.05) is 14.2 Å². The third-order valence-corrected chi connectivity index (χ3v) is 3.00. The van der Waals surface area contributed by atoms with Crippen LogP contribution in [-0.2, 0) is 4.79 Å². The molecular weight excluding hydrogens is 268 g/mol. The van der Waals surface area contributed by atoms with Crippen LogP contribution in [0.1, 0.15) is 25.5 Å². The maximum atomic E-state index is 11.6. The van der Waals surface area contributed by atoms with Crippen LogP contribution in [0, 0.1) is 0 Å². The summed E-state index contributed by atoms with van der Waals surface area (Å²) in [6, 6.07) is 2.81. The number of amides is 1. The molecule has 6 heteroatoms. The molecule has 5 nitrogen and oxygen atoms in total. The highest BCUT2D eigenvalue weighted by molar-refractivity contribution is 6.33. The molecule has 1 aromatic carbocycles. The number of hydrogen-bond acceptors (Lipinski definition) is 4. The van der Waals surface area contributed by atoms with Gasteiger partial charge >= 0.3 is 0 Å². The molecule has 1 amide bonds. The number of rotatable bonds is 6. The lowest BCUT2D eigenvalue weighted by atomic mass is 10.0. The maximum absolute atomic E-state index is 11.6. The van der Waals surface area contributed by atoms with Gasteiger partial charge in [-0.15, -0.1) is 0 Å². The number of benzene rings is 1. The SMILES string of the molecule is COc1ccc(C(NC(C)C)C(N)=O)c(Cl)c1OC. The molecule has 0 aromatic heterocycles. The van der Waals surface area contributed by atoms with Gasteiger partial charge in [0.05, 0.1) is 19.2 Å². The van der Waals surface area contributed by atoms with Gasteiger partial charge in [-0.2, -0.15) is 0 Å². The second-order valence-electron chi connectivity index (χ2n) is 4.36. The van der Waals surface area contributed by atoms with Crippen LogP contribution in [0.25, 0.3) is 0 Å². The van der Waals surface area contributed by atoms with Crippen molar-refractivity contribution >= 4 is 17.5 Å². The number of hydrogen-bond donors (Lipinski definition) is 2. The zero-order valence-electron chi connectivity index (χ0n) is 11.5. The minimum Gasteiger partial charge on any atom is -0.493 e. The number of methoxy groups -OCH3 is 2. The Labute approximate surface area is 118 Å². The molecule has 0 fully saturated rings. The largest absolute Gasteiger partial charge is 0.493 e. The molecule has 0 spiro atoms. The van der Waals surface area contributed by atoms with Gasteiger partial charge in [-0.05, 0) is 19.9 Å². The molecule has 19 heavy (non-hydrogen) atoms. The van der Waals surface area contributed by atoms with E-state index in [0.29, 0.717) is 22.1 Å². The topological polar surface area (TPSA) is 73.6 Å². The van der Waals surface area contributed by atoms with Gasteiger partial charge in [0.1, 0.15) is 6.04 Å². The summed E-state index contributed by atoms with van der Waals surface area (Å²) in [6.07, 6.45) is 0. The lowest BCUT2D eigenvalue weighted by Crippen LogP contribution is -2.37. The Morgan fingerprint density at radius 2 is 1.95 bits per heavy atom. The molecule has 0 aliphatic heterocycles. The van der Waals surface area contributed by atoms with E-state index in [4.69, 9.17) is 26.8 Å². The monoisotopic (exact) mass is 286 g/mol. The van der Waals surface area contributed by atoms with Crippen LogP contribution in [0.4, 0.5) is 0 Å². The van der Waals surface area contributed by atoms with Crippen LogP contribution >= 0.6 is 11.6 Å². The Morgan fingerprint density at radius 1 is 1.32 bits per heavy atom. The zero-order chi connectivity index (χ0) is 14.6. The van der Waals surface area contributed by atoms with Crippen molar-refractivity contribution in [3.63, 3.8) is 0 Å². The molecular formula is C13H19ClN2O3. The van der Waals surface area contributed by atoms with Crippen molar-refractivity contribution in [3.05, 3.63) is 22.7 Å². The summed E-state index contributed by atoms with van der Waals surface area (Å²) in [5.74, 6) is 0.394. The Morgan fingerprint density at radius 3 is 2.37 bits per heavy atom. The van der Waals surface area contributed by atoms with Crippen molar-refractivity contribution in [2.24, 2.45) is 5.73 Å². The lowest BCUT2D eigenvalue weighted by Gasteiger charge is -2.21. The molecule has 0 aliphatic carbocycles. The molecule has 3 N–H and O–H groups in total. The van der Waals surface area contributed by atoms with E-state index in [-0.39, 0.29) is 6.04 Å². The number of nitrogens with one attached hydrogen (secondary N) is 1. The van der Waals surface area contributed by atoms with Crippen LogP contribution in [0.15, 0.2) is 12.1 Å². The maximum Gasteiger partial charge on any atom is 0.239 e. The molecule has 0 saturated carbocycles. The second-order valence-corrected chi connectivity index (χ2v) is 4.74. The summed E-state index contributed by atoms with van der Waals surface area (Å²) in [6.45, 7) is 3.84. The first-order chi connectivity index (χ1) is 8.92. The standard InChI is InChI=1S/C13H19ClN2O3/c1-7(2)16-11(13(15)17)8-5-6-9(18-3)12(19-4)10(8)14/h5-7,11,16H,1-4H3,(H2,15,17). The molecule has 0 heterocycles. The summed E-state index contributed by atoms with van der Waals surface area (Å²) in [4.78, 5) is 11.6. The quantitative estimate of drug-likeness (QED) is 0.837. The minimum absolute atomic E-state index is 0.0849. The van der Waals surface area contributed by atoms with Crippen molar-refractivity contribution in [3.8, 4) is 11.5 Å². The van der Waals surface area contributed by atoms with Gasteiger partial charge in [0.15, 0.2) is 11.5 Å². The Kier molecular flexibility index (Phi) is 5.44. The highest BCUT2D eigenvalue weighted by Gasteiger charge is 2.24. The van der Waals surface area contributed by atoms with E-state index in [0.717, 1.165) is 0 Å². The predicted octanol–water partition coefficient (Wildman–Crippen LogP) is 1.88. The second kappa shape index (κ2) is 6.63. The van der Waals surface area contributed by atoms with Gasteiger partial charge in [0, 0.05) is 11.6 Å². The number of carbonyl (C=O) groups excluding carboxylic acids is 1. The molecule has 0 saturated heterocycles. The van der Waals surface area contributed by atoms with Crippen LogP contribution < -0.4 is 20.5 Å². The lowest BCUT2D eigenvalue weighted by molar-refractivity contribution is -0.120. The first-order valence-electron chi connectivity index (χ1n) is 5.88. The van der Waals surface area contributed by atoms with Crippen molar-refractivity contribution in [1.82, 2.24) is 5.32 Å². The first-order valence-corrected chi connectivity index (χ1v) is 6.25. The molecule has 106 valence electrons. The number of carbonyl (C=O) groups is 1. The summed E-state index contributed by atoms with van der Waals surface area (Å²) in [5, 5.41) is 3.39. The first kappa shape index (κ1) is 15.6. The van der Waals surface area contributed by atoms with Gasteiger partial charge in [0.25, 0.3) is 0 Å². The average Bonchev–Trinajstić information content (AvgIpc) is 2.35. The van der Waals surface area contributed by atoms with E-state index >= 15 is 0 Å². The molecule has 0 radical (unpaired) electrons. The molecule has 0 aliphatic rings. The Balaban J connectivity index is 3.28. The van der Waals surface area contributed by atoms with Crippen molar-refractivity contribution in [1.29, 1.82) is 0 Å². The average molecular weight is 287 g/mol. The fourth-order valence-corrected chi connectivity index (χ4v) is 2.13. The van der Waals surface area contributed by atoms with Crippen molar-refractivity contribution in [2.45, 2.75) is 25.9 Å². The van der Waals surface area contributed by atoms with Crippen LogP contribution in [-0.4, -0.2) is 26.2 Å². The molecule has 1 unspecified atom stereocenters. The fraction of sp³-hybridized carbons (Fsp3) is 0.462. The van der Waals surface area contributed by atoms with E-state index in [1.54, 1.807) is 12.1 Å². The number of ether oxygens (including phenoxy) is 2. The molecule has 1 aromatic rings. The van der Waals surface area contributed by atoms with Crippen LogP contribution in [0.2, 0.25) is 5.02 Å².